The van der Waals surface area contributed by atoms with Crippen LogP contribution in [0.3, 0.4) is 0 Å². The summed E-state index contributed by atoms with van der Waals surface area (Å²) in [4.78, 5) is 11.0. The lowest BCUT2D eigenvalue weighted by molar-refractivity contribution is 0.0697. The summed E-state index contributed by atoms with van der Waals surface area (Å²) in [5, 5.41) is 9.00. The topological polar surface area (TPSA) is 37.3 Å². The fraction of sp³-hybridized carbons (Fsp3) is 0. The number of carbonyl (C=O) groups is 1. The molecule has 4 aromatic carbocycles. The van der Waals surface area contributed by atoms with Crippen molar-refractivity contribution in [3.05, 3.63) is 109 Å². The van der Waals surface area contributed by atoms with Crippen molar-refractivity contribution in [1.82, 2.24) is 0 Å². The van der Waals surface area contributed by atoms with Gasteiger partial charge in [-0.05, 0) is 45.5 Å². The molecule has 0 saturated carbocycles. The Morgan fingerprint density at radius 2 is 0.741 bits per heavy atom. The van der Waals surface area contributed by atoms with E-state index in [-0.39, 0.29) is 0 Å². The van der Waals surface area contributed by atoms with Gasteiger partial charge in [0.1, 0.15) is 0 Å². The van der Waals surface area contributed by atoms with E-state index < -0.39 is 5.97 Å². The zero-order valence-corrected chi connectivity index (χ0v) is 14.7. The second kappa shape index (κ2) is 7.30. The van der Waals surface area contributed by atoms with Gasteiger partial charge in [0.25, 0.3) is 0 Å². The molecule has 0 atom stereocenters. The summed E-state index contributed by atoms with van der Waals surface area (Å²) < 4.78 is 0. The van der Waals surface area contributed by atoms with Gasteiger partial charge in [0, 0.05) is 0 Å². The molecular weight excluding hydrogens is 332 g/mol. The van der Waals surface area contributed by atoms with Crippen LogP contribution in [-0.2, 0) is 0 Å². The fourth-order valence-corrected chi connectivity index (χ4v) is 3.15. The van der Waals surface area contributed by atoms with Crippen molar-refractivity contribution in [1.29, 1.82) is 0 Å². The van der Waals surface area contributed by atoms with Gasteiger partial charge in [-0.25, -0.2) is 4.79 Å². The Labute approximate surface area is 158 Å². The number of carboxylic acid groups (broad SMARTS) is 1. The molecule has 0 aliphatic carbocycles. The molecule has 0 aliphatic heterocycles. The monoisotopic (exact) mass is 350 g/mol. The maximum Gasteiger partial charge on any atom is 0.335 e. The lowest BCUT2D eigenvalue weighted by atomic mass is 9.98. The summed E-state index contributed by atoms with van der Waals surface area (Å²) in [5.74, 6) is -0.907. The van der Waals surface area contributed by atoms with E-state index in [1.54, 1.807) is 12.1 Å². The largest absolute Gasteiger partial charge is 0.478 e. The molecule has 4 rings (SSSR count). The van der Waals surface area contributed by atoms with Crippen LogP contribution < -0.4 is 0 Å². The molecule has 2 nitrogen and oxygen atoms in total. The van der Waals surface area contributed by atoms with Gasteiger partial charge in [0.15, 0.2) is 0 Å². The highest BCUT2D eigenvalue weighted by molar-refractivity contribution is 5.88. The summed E-state index contributed by atoms with van der Waals surface area (Å²) in [7, 11) is 0. The number of hydrogen-bond acceptors (Lipinski definition) is 1. The second-order valence-corrected chi connectivity index (χ2v) is 6.40. The Morgan fingerprint density at radius 3 is 1.07 bits per heavy atom. The Morgan fingerprint density at radius 1 is 0.444 bits per heavy atom. The minimum absolute atomic E-state index is 0.300. The van der Waals surface area contributed by atoms with Gasteiger partial charge in [-0.15, -0.1) is 0 Å². The maximum atomic E-state index is 11.0. The molecule has 0 amide bonds. The average Bonchev–Trinajstić information content (AvgIpc) is 2.75. The smallest absolute Gasteiger partial charge is 0.335 e. The molecule has 0 aliphatic rings. The molecule has 0 unspecified atom stereocenters. The summed E-state index contributed by atoms with van der Waals surface area (Å²) in [5.41, 5.74) is 7.11. The fourth-order valence-electron chi connectivity index (χ4n) is 3.15. The Hall–Kier alpha value is -3.65. The number of benzene rings is 4. The van der Waals surface area contributed by atoms with Gasteiger partial charge in [-0.1, -0.05) is 91.0 Å². The zero-order valence-electron chi connectivity index (χ0n) is 14.7. The van der Waals surface area contributed by atoms with Gasteiger partial charge in [-0.2, -0.15) is 0 Å². The van der Waals surface area contributed by atoms with E-state index in [9.17, 15) is 4.79 Å². The second-order valence-electron chi connectivity index (χ2n) is 6.40. The minimum Gasteiger partial charge on any atom is -0.478 e. The van der Waals surface area contributed by atoms with Gasteiger partial charge in [-0.3, -0.25) is 0 Å². The summed E-state index contributed by atoms with van der Waals surface area (Å²) in [6, 6.07) is 34.2. The standard InChI is InChI=1S/C25H18O2/c26-25(27)24-16-14-23(15-17-24)22-12-10-21(11-13-22)20-8-6-19(7-9-20)18-4-2-1-3-5-18/h1-17H,(H,26,27). The highest BCUT2D eigenvalue weighted by Gasteiger charge is 2.04. The van der Waals surface area contributed by atoms with Crippen LogP contribution in [0.5, 0.6) is 0 Å². The van der Waals surface area contributed by atoms with Gasteiger partial charge in [0.05, 0.1) is 5.56 Å². The quantitative estimate of drug-likeness (QED) is 0.463. The third-order valence-electron chi connectivity index (χ3n) is 4.68. The van der Waals surface area contributed by atoms with Gasteiger partial charge >= 0.3 is 5.97 Å². The van der Waals surface area contributed by atoms with Crippen molar-refractivity contribution in [3.8, 4) is 33.4 Å². The average molecular weight is 350 g/mol. The highest BCUT2D eigenvalue weighted by Crippen LogP contribution is 2.27. The minimum atomic E-state index is -0.907. The van der Waals surface area contributed by atoms with Crippen molar-refractivity contribution in [3.63, 3.8) is 0 Å². The number of hydrogen-bond donors (Lipinski definition) is 1. The molecule has 0 aromatic heterocycles. The zero-order chi connectivity index (χ0) is 18.6. The first kappa shape index (κ1) is 16.8. The van der Waals surface area contributed by atoms with Crippen molar-refractivity contribution in [2.24, 2.45) is 0 Å². The number of aromatic carboxylic acids is 1. The number of rotatable bonds is 4. The van der Waals surface area contributed by atoms with Crippen LogP contribution in [0.4, 0.5) is 0 Å². The van der Waals surface area contributed by atoms with Crippen LogP contribution in [0.1, 0.15) is 10.4 Å². The molecule has 0 bridgehead atoms. The van der Waals surface area contributed by atoms with Crippen molar-refractivity contribution in [2.75, 3.05) is 0 Å². The molecule has 0 saturated heterocycles. The van der Waals surface area contributed by atoms with E-state index in [0.717, 1.165) is 16.7 Å². The Kier molecular flexibility index (Phi) is 4.54. The van der Waals surface area contributed by atoms with Crippen LogP contribution >= 0.6 is 0 Å². The first-order valence-corrected chi connectivity index (χ1v) is 8.80. The van der Waals surface area contributed by atoms with E-state index in [0.29, 0.717) is 5.56 Å². The van der Waals surface area contributed by atoms with Crippen molar-refractivity contribution < 1.29 is 9.90 Å². The molecule has 0 heterocycles. The van der Waals surface area contributed by atoms with Crippen LogP contribution in [0.2, 0.25) is 0 Å². The summed E-state index contributed by atoms with van der Waals surface area (Å²) in [6.45, 7) is 0. The Balaban J connectivity index is 1.56. The molecule has 4 aromatic rings. The van der Waals surface area contributed by atoms with E-state index in [4.69, 9.17) is 5.11 Å². The van der Waals surface area contributed by atoms with Crippen LogP contribution in [0.15, 0.2) is 103 Å². The normalized spacial score (nSPS) is 10.5. The molecule has 0 fully saturated rings. The summed E-state index contributed by atoms with van der Waals surface area (Å²) in [6.07, 6.45) is 0. The number of carboxylic acids is 1. The van der Waals surface area contributed by atoms with E-state index in [1.165, 1.54) is 16.7 Å². The SMILES string of the molecule is O=C(O)c1ccc(-c2ccc(-c3ccc(-c4ccccc4)cc3)cc2)cc1. The van der Waals surface area contributed by atoms with Crippen LogP contribution in [-0.4, -0.2) is 11.1 Å². The third kappa shape index (κ3) is 3.65. The molecule has 130 valence electrons. The van der Waals surface area contributed by atoms with Crippen molar-refractivity contribution >= 4 is 5.97 Å². The highest BCUT2D eigenvalue weighted by atomic mass is 16.4. The van der Waals surface area contributed by atoms with Gasteiger partial charge in [0.2, 0.25) is 0 Å². The maximum absolute atomic E-state index is 11.0. The Bertz CT molecular complexity index is 1050. The molecule has 0 spiro atoms. The van der Waals surface area contributed by atoms with Crippen LogP contribution in [0.25, 0.3) is 33.4 Å². The molecular formula is C25H18O2. The van der Waals surface area contributed by atoms with Crippen LogP contribution in [0, 0.1) is 0 Å². The van der Waals surface area contributed by atoms with E-state index >= 15 is 0 Å². The third-order valence-corrected chi connectivity index (χ3v) is 4.68. The van der Waals surface area contributed by atoms with Crippen molar-refractivity contribution in [2.45, 2.75) is 0 Å². The molecule has 0 radical (unpaired) electrons. The predicted octanol–water partition coefficient (Wildman–Crippen LogP) is 6.39. The van der Waals surface area contributed by atoms with Gasteiger partial charge < -0.3 is 5.11 Å². The predicted molar refractivity (Wildman–Crippen MR) is 110 cm³/mol. The first-order chi connectivity index (χ1) is 13.2. The van der Waals surface area contributed by atoms with E-state index in [2.05, 4.69) is 60.7 Å². The lowest BCUT2D eigenvalue weighted by Crippen LogP contribution is -1.94. The first-order valence-electron chi connectivity index (χ1n) is 8.80. The molecule has 1 N–H and O–H groups in total. The van der Waals surface area contributed by atoms with E-state index in [1.807, 2.05) is 30.3 Å². The molecule has 27 heavy (non-hydrogen) atoms. The lowest BCUT2D eigenvalue weighted by Gasteiger charge is -2.07. The summed E-state index contributed by atoms with van der Waals surface area (Å²) >= 11 is 0. The molecule has 2 heteroatoms.